The lowest BCUT2D eigenvalue weighted by Gasteiger charge is -2.15. The number of halogens is 3. The Morgan fingerprint density at radius 1 is 1.42 bits per heavy atom. The van der Waals surface area contributed by atoms with E-state index in [9.17, 15) is 32.9 Å². The van der Waals surface area contributed by atoms with E-state index in [4.69, 9.17) is 5.11 Å². The van der Waals surface area contributed by atoms with Crippen LogP contribution in [0.1, 0.15) is 0 Å². The van der Waals surface area contributed by atoms with Crippen molar-refractivity contribution in [2.75, 3.05) is 32.1 Å². The van der Waals surface area contributed by atoms with Crippen molar-refractivity contribution >= 4 is 23.3 Å². The van der Waals surface area contributed by atoms with Crippen LogP contribution in [0.2, 0.25) is 0 Å². The molecular formula is C14H12F3N3O6. The number of esters is 1. The molecule has 0 aromatic heterocycles. The van der Waals surface area contributed by atoms with Crippen molar-refractivity contribution in [2.45, 2.75) is 0 Å². The molecule has 0 spiro atoms. The van der Waals surface area contributed by atoms with Crippen LogP contribution in [0.5, 0.6) is 0 Å². The number of anilines is 1. The first-order chi connectivity index (χ1) is 12.2. The van der Waals surface area contributed by atoms with Crippen LogP contribution in [0.15, 0.2) is 17.3 Å². The van der Waals surface area contributed by atoms with E-state index in [1.54, 1.807) is 0 Å². The molecule has 0 atom stereocenters. The Morgan fingerprint density at radius 2 is 2.08 bits per heavy atom. The summed E-state index contributed by atoms with van der Waals surface area (Å²) in [6, 6.07) is 0.292. The van der Waals surface area contributed by atoms with Gasteiger partial charge in [0.2, 0.25) is 11.6 Å². The van der Waals surface area contributed by atoms with Gasteiger partial charge < -0.3 is 20.1 Å². The summed E-state index contributed by atoms with van der Waals surface area (Å²) in [6.45, 7) is -0.902. The molecule has 2 rings (SSSR count). The van der Waals surface area contributed by atoms with E-state index in [1.807, 2.05) is 0 Å². The van der Waals surface area contributed by atoms with Gasteiger partial charge in [-0.2, -0.15) is 4.39 Å². The Balaban J connectivity index is 2.55. The summed E-state index contributed by atoms with van der Waals surface area (Å²) in [5.41, 5.74) is -3.10. The normalized spacial score (nSPS) is 14.0. The van der Waals surface area contributed by atoms with Gasteiger partial charge in [-0.3, -0.25) is 14.9 Å². The maximum Gasteiger partial charge on any atom is 0.337 e. The maximum absolute atomic E-state index is 13.7. The topological polar surface area (TPSA) is 122 Å². The molecule has 0 unspecified atom stereocenters. The molecular weight excluding hydrogens is 363 g/mol. The minimum absolute atomic E-state index is 0.168. The van der Waals surface area contributed by atoms with Gasteiger partial charge in [0, 0.05) is 12.6 Å². The Hall–Kier alpha value is -3.15. The highest BCUT2D eigenvalue weighted by atomic mass is 19.2. The molecule has 1 aliphatic heterocycles. The van der Waals surface area contributed by atoms with Crippen molar-refractivity contribution in [1.29, 1.82) is 0 Å². The number of benzene rings is 1. The number of carbonyl (C=O) groups excluding carboxylic acids is 2. The van der Waals surface area contributed by atoms with E-state index < -0.39 is 57.9 Å². The fraction of sp³-hybridized carbons (Fsp3) is 0.286. The van der Waals surface area contributed by atoms with Crippen molar-refractivity contribution in [3.63, 3.8) is 0 Å². The monoisotopic (exact) mass is 375 g/mol. The summed E-state index contributed by atoms with van der Waals surface area (Å²) >= 11 is 0. The van der Waals surface area contributed by atoms with E-state index in [2.05, 4.69) is 10.1 Å². The third kappa shape index (κ3) is 3.31. The van der Waals surface area contributed by atoms with Crippen molar-refractivity contribution in [3.05, 3.63) is 44.9 Å². The predicted molar refractivity (Wildman–Crippen MR) is 79.3 cm³/mol. The van der Waals surface area contributed by atoms with Crippen molar-refractivity contribution < 1.29 is 37.5 Å². The molecule has 9 nitrogen and oxygen atoms in total. The molecule has 26 heavy (non-hydrogen) atoms. The summed E-state index contributed by atoms with van der Waals surface area (Å²) in [5.74, 6) is -7.67. The molecule has 0 saturated carbocycles. The number of aliphatic hydroxyl groups excluding tert-OH is 1. The molecule has 12 heteroatoms. The largest absolute Gasteiger partial charge is 0.466 e. The number of rotatable bonds is 6. The lowest BCUT2D eigenvalue weighted by Crippen LogP contribution is -2.31. The lowest BCUT2D eigenvalue weighted by atomic mass is 10.2. The van der Waals surface area contributed by atoms with Crippen LogP contribution in [0.25, 0.3) is 0 Å². The molecule has 1 heterocycles. The smallest absolute Gasteiger partial charge is 0.337 e. The zero-order valence-corrected chi connectivity index (χ0v) is 13.2. The molecule has 1 amide bonds. The Kier molecular flexibility index (Phi) is 5.45. The van der Waals surface area contributed by atoms with Gasteiger partial charge in [0.15, 0.2) is 5.82 Å². The fourth-order valence-corrected chi connectivity index (χ4v) is 2.34. The van der Waals surface area contributed by atoms with Gasteiger partial charge in [0.05, 0.1) is 30.8 Å². The first-order valence-corrected chi connectivity index (χ1v) is 7.03. The maximum atomic E-state index is 13.7. The van der Waals surface area contributed by atoms with Gasteiger partial charge >= 0.3 is 11.7 Å². The molecule has 1 aromatic rings. The van der Waals surface area contributed by atoms with Gasteiger partial charge in [-0.05, 0) is 0 Å². The fourth-order valence-electron chi connectivity index (χ4n) is 2.34. The Bertz CT molecular complexity index is 827. The zero-order valence-electron chi connectivity index (χ0n) is 13.2. The van der Waals surface area contributed by atoms with Crippen LogP contribution in [-0.2, 0) is 14.3 Å². The van der Waals surface area contributed by atoms with Crippen LogP contribution in [0.3, 0.4) is 0 Å². The van der Waals surface area contributed by atoms with Gasteiger partial charge in [-0.15, -0.1) is 0 Å². The average molecular weight is 375 g/mol. The standard InChI is InChI=1S/C14H12F3N3O6/c1-26-14(23)6-5-19(2-3-21)13(22)11(6)18-8-4-7(15)9(16)10(17)12(8)20(24)25/h4,18,21H,2-3,5H2,1H3. The Labute approximate surface area is 143 Å². The lowest BCUT2D eigenvalue weighted by molar-refractivity contribution is -0.386. The summed E-state index contributed by atoms with van der Waals surface area (Å²) in [4.78, 5) is 34.8. The molecule has 0 bridgehead atoms. The van der Waals surface area contributed by atoms with Crippen molar-refractivity contribution in [2.24, 2.45) is 0 Å². The van der Waals surface area contributed by atoms with Gasteiger partial charge in [-0.1, -0.05) is 0 Å². The summed E-state index contributed by atoms with van der Waals surface area (Å²) in [5, 5.41) is 22.1. The number of nitrogens with zero attached hydrogens (tertiary/aromatic N) is 2. The number of aliphatic hydroxyl groups is 1. The first kappa shape index (κ1) is 19.2. The highest BCUT2D eigenvalue weighted by molar-refractivity contribution is 6.08. The number of methoxy groups -OCH3 is 1. The number of β-amino-alcohol motifs (C(OH)–C–C–N with tert-alkyl or cyclic N) is 1. The van der Waals surface area contributed by atoms with E-state index >= 15 is 0 Å². The second-order valence-electron chi connectivity index (χ2n) is 5.06. The first-order valence-electron chi connectivity index (χ1n) is 7.03. The molecule has 140 valence electrons. The van der Waals surface area contributed by atoms with Gasteiger partial charge in [0.25, 0.3) is 5.91 Å². The third-order valence-electron chi connectivity index (χ3n) is 3.53. The number of amides is 1. The summed E-state index contributed by atoms with van der Waals surface area (Å²) in [6.07, 6.45) is 0. The van der Waals surface area contributed by atoms with Gasteiger partial charge in [0.1, 0.15) is 11.4 Å². The molecule has 0 saturated heterocycles. The minimum Gasteiger partial charge on any atom is -0.466 e. The SMILES string of the molecule is COC(=O)C1=C(Nc2cc(F)c(F)c(F)c2[N+](=O)[O-])C(=O)N(CCO)C1. The number of carbonyl (C=O) groups is 2. The van der Waals surface area contributed by atoms with E-state index in [1.165, 1.54) is 0 Å². The number of hydrogen-bond acceptors (Lipinski definition) is 7. The molecule has 0 radical (unpaired) electrons. The molecule has 0 fully saturated rings. The minimum atomic E-state index is -2.06. The summed E-state index contributed by atoms with van der Waals surface area (Å²) in [7, 11) is 1.02. The molecule has 2 N–H and O–H groups in total. The quantitative estimate of drug-likeness (QED) is 0.325. The van der Waals surface area contributed by atoms with Crippen LogP contribution in [0.4, 0.5) is 24.5 Å². The number of nitro groups is 1. The molecule has 1 aliphatic rings. The Morgan fingerprint density at radius 3 is 2.62 bits per heavy atom. The third-order valence-corrected chi connectivity index (χ3v) is 3.53. The summed E-state index contributed by atoms with van der Waals surface area (Å²) < 4.78 is 45.0. The zero-order chi connectivity index (χ0) is 19.6. The number of ether oxygens (including phenoxy) is 1. The van der Waals surface area contributed by atoms with Crippen LogP contribution in [-0.4, -0.2) is 53.6 Å². The van der Waals surface area contributed by atoms with Gasteiger partial charge in [-0.25, -0.2) is 13.6 Å². The second kappa shape index (κ2) is 7.39. The number of hydrogen-bond donors (Lipinski definition) is 2. The molecule has 1 aromatic carbocycles. The highest BCUT2D eigenvalue weighted by Crippen LogP contribution is 2.33. The van der Waals surface area contributed by atoms with E-state index in [-0.39, 0.29) is 18.7 Å². The van der Waals surface area contributed by atoms with E-state index in [0.29, 0.717) is 6.07 Å². The second-order valence-corrected chi connectivity index (χ2v) is 5.06. The van der Waals surface area contributed by atoms with Crippen LogP contribution in [0, 0.1) is 27.6 Å². The average Bonchev–Trinajstić information content (AvgIpc) is 2.88. The number of nitrogens with one attached hydrogen (secondary N) is 1. The predicted octanol–water partition coefficient (Wildman–Crippen LogP) is 0.686. The van der Waals surface area contributed by atoms with Crippen molar-refractivity contribution in [3.8, 4) is 0 Å². The highest BCUT2D eigenvalue weighted by Gasteiger charge is 2.37. The molecule has 0 aliphatic carbocycles. The van der Waals surface area contributed by atoms with Crippen LogP contribution < -0.4 is 5.32 Å². The number of nitro benzene ring substituents is 1. The van der Waals surface area contributed by atoms with Crippen LogP contribution >= 0.6 is 0 Å². The van der Waals surface area contributed by atoms with E-state index in [0.717, 1.165) is 12.0 Å². The van der Waals surface area contributed by atoms with Crippen molar-refractivity contribution in [1.82, 2.24) is 4.90 Å².